The molecule has 1 amide bonds. The lowest BCUT2D eigenvalue weighted by atomic mass is 10.1. The van der Waals surface area contributed by atoms with Gasteiger partial charge >= 0.3 is 0 Å². The van der Waals surface area contributed by atoms with Gasteiger partial charge in [0.15, 0.2) is 0 Å². The van der Waals surface area contributed by atoms with Gasteiger partial charge < -0.3 is 9.88 Å². The van der Waals surface area contributed by atoms with Crippen LogP contribution in [0.2, 0.25) is 0 Å². The van der Waals surface area contributed by atoms with Crippen molar-refractivity contribution in [1.82, 2.24) is 9.88 Å². The molecule has 0 aromatic carbocycles. The minimum Gasteiger partial charge on any atom is -0.348 e. The van der Waals surface area contributed by atoms with Crippen LogP contribution in [0.25, 0.3) is 0 Å². The summed E-state index contributed by atoms with van der Waals surface area (Å²) in [5.74, 6) is -0.0194. The van der Waals surface area contributed by atoms with Crippen molar-refractivity contribution in [2.24, 2.45) is 0 Å². The van der Waals surface area contributed by atoms with Crippen LogP contribution in [0.3, 0.4) is 0 Å². The molecule has 0 spiro atoms. The fourth-order valence-corrected chi connectivity index (χ4v) is 2.63. The number of nitrogens with zero attached hydrogens (tertiary/aromatic N) is 1. The van der Waals surface area contributed by atoms with Gasteiger partial charge in [-0.1, -0.05) is 0 Å². The molecule has 0 radical (unpaired) electrons. The van der Waals surface area contributed by atoms with Crippen molar-refractivity contribution in [2.45, 2.75) is 39.8 Å². The molecule has 0 unspecified atom stereocenters. The van der Waals surface area contributed by atoms with E-state index in [1.165, 1.54) is 9.75 Å². The van der Waals surface area contributed by atoms with E-state index in [0.29, 0.717) is 12.1 Å². The first kappa shape index (κ1) is 13.9. The number of carbonyl (C=O) groups excluding carboxylic acids is 1. The summed E-state index contributed by atoms with van der Waals surface area (Å²) >= 11 is 1.71. The minimum atomic E-state index is -0.0194. The van der Waals surface area contributed by atoms with E-state index >= 15 is 0 Å². The summed E-state index contributed by atoms with van der Waals surface area (Å²) in [5.41, 5.74) is 0.715. The van der Waals surface area contributed by atoms with Crippen molar-refractivity contribution < 1.29 is 4.79 Å². The summed E-state index contributed by atoms with van der Waals surface area (Å²) in [6.07, 6.45) is 3.85. The monoisotopic (exact) mass is 276 g/mol. The number of rotatable bonds is 3. The average Bonchev–Trinajstić information content (AvgIpc) is 2.93. The minimum absolute atomic E-state index is 0.00337. The molecule has 2 heterocycles. The molecule has 4 heteroatoms. The average molecular weight is 276 g/mol. The fraction of sp³-hybridized carbons (Fsp3) is 0.400. The molecule has 0 atom stereocenters. The predicted octanol–water partition coefficient (Wildman–Crippen LogP) is 3.54. The molecule has 0 aliphatic heterocycles. The highest BCUT2D eigenvalue weighted by Gasteiger charge is 2.15. The summed E-state index contributed by atoms with van der Waals surface area (Å²) < 4.78 is 2.05. The molecule has 2 rings (SSSR count). The first-order valence-corrected chi connectivity index (χ1v) is 7.20. The Morgan fingerprint density at radius 2 is 2.05 bits per heavy atom. The highest BCUT2D eigenvalue weighted by Crippen LogP contribution is 2.17. The summed E-state index contributed by atoms with van der Waals surface area (Å²) in [4.78, 5) is 14.5. The molecule has 0 saturated heterocycles. The number of aryl methyl sites for hydroxylation is 1. The Bertz CT molecular complexity index is 575. The maximum Gasteiger partial charge on any atom is 0.253 e. The van der Waals surface area contributed by atoms with Gasteiger partial charge in [0.25, 0.3) is 5.91 Å². The van der Waals surface area contributed by atoms with Crippen molar-refractivity contribution >= 4 is 17.2 Å². The number of hydrogen-bond acceptors (Lipinski definition) is 2. The van der Waals surface area contributed by atoms with E-state index in [9.17, 15) is 4.79 Å². The maximum atomic E-state index is 12.0. The van der Waals surface area contributed by atoms with Gasteiger partial charge in [0, 0.05) is 27.7 Å². The Morgan fingerprint density at radius 3 is 2.58 bits per heavy atom. The Kier molecular flexibility index (Phi) is 3.80. The largest absolute Gasteiger partial charge is 0.348 e. The molecule has 102 valence electrons. The Morgan fingerprint density at radius 1 is 1.32 bits per heavy atom. The standard InChI is InChI=1S/C15H20N2OS/c1-11-5-6-13(19-11)9-16-14(18)12-7-8-17(10-12)15(2,3)4/h5-8,10H,9H2,1-4H3,(H,16,18). The lowest BCUT2D eigenvalue weighted by Crippen LogP contribution is -2.23. The van der Waals surface area contributed by atoms with Crippen molar-refractivity contribution in [3.8, 4) is 0 Å². The van der Waals surface area contributed by atoms with Crippen LogP contribution in [0.4, 0.5) is 0 Å². The highest BCUT2D eigenvalue weighted by molar-refractivity contribution is 7.11. The smallest absolute Gasteiger partial charge is 0.253 e. The first-order chi connectivity index (χ1) is 8.86. The zero-order valence-electron chi connectivity index (χ0n) is 11.9. The topological polar surface area (TPSA) is 34.0 Å². The zero-order chi connectivity index (χ0) is 14.0. The van der Waals surface area contributed by atoms with Gasteiger partial charge in [0.2, 0.25) is 0 Å². The van der Waals surface area contributed by atoms with E-state index in [1.807, 2.05) is 18.5 Å². The lowest BCUT2D eigenvalue weighted by Gasteiger charge is -2.20. The second-order valence-electron chi connectivity index (χ2n) is 5.67. The number of aromatic nitrogens is 1. The van der Waals surface area contributed by atoms with Crippen LogP contribution in [0, 0.1) is 6.92 Å². The van der Waals surface area contributed by atoms with E-state index < -0.39 is 0 Å². The van der Waals surface area contributed by atoms with E-state index in [2.05, 4.69) is 49.7 Å². The van der Waals surface area contributed by atoms with Crippen molar-refractivity contribution in [1.29, 1.82) is 0 Å². The number of hydrogen-bond donors (Lipinski definition) is 1. The number of thiophene rings is 1. The summed E-state index contributed by atoms with van der Waals surface area (Å²) in [6.45, 7) is 9.01. The molecule has 0 saturated carbocycles. The third-order valence-electron chi connectivity index (χ3n) is 2.95. The quantitative estimate of drug-likeness (QED) is 0.914. The van der Waals surface area contributed by atoms with Gasteiger partial charge in [0.1, 0.15) is 0 Å². The van der Waals surface area contributed by atoms with Crippen LogP contribution in [-0.2, 0) is 12.1 Å². The van der Waals surface area contributed by atoms with Gasteiger partial charge in [-0.3, -0.25) is 4.79 Å². The molecule has 19 heavy (non-hydrogen) atoms. The molecule has 0 fully saturated rings. The molecule has 0 bridgehead atoms. The van der Waals surface area contributed by atoms with Crippen molar-refractivity contribution in [3.05, 3.63) is 45.9 Å². The number of nitrogens with one attached hydrogen (secondary N) is 1. The third kappa shape index (κ3) is 3.47. The molecule has 3 nitrogen and oxygen atoms in total. The normalized spacial score (nSPS) is 11.6. The lowest BCUT2D eigenvalue weighted by molar-refractivity contribution is 0.0951. The fourth-order valence-electron chi connectivity index (χ4n) is 1.80. The van der Waals surface area contributed by atoms with Gasteiger partial charge in [-0.25, -0.2) is 0 Å². The van der Waals surface area contributed by atoms with Crippen LogP contribution in [0.5, 0.6) is 0 Å². The van der Waals surface area contributed by atoms with E-state index in [0.717, 1.165) is 0 Å². The van der Waals surface area contributed by atoms with E-state index in [1.54, 1.807) is 11.3 Å². The Labute approximate surface area is 118 Å². The Balaban J connectivity index is 1.98. The van der Waals surface area contributed by atoms with Crippen molar-refractivity contribution in [2.75, 3.05) is 0 Å². The van der Waals surface area contributed by atoms with Crippen molar-refractivity contribution in [3.63, 3.8) is 0 Å². The molecule has 0 aliphatic rings. The van der Waals surface area contributed by atoms with Crippen LogP contribution < -0.4 is 5.32 Å². The van der Waals surface area contributed by atoms with Crippen LogP contribution in [0.15, 0.2) is 30.6 Å². The van der Waals surface area contributed by atoms with Gasteiger partial charge in [-0.15, -0.1) is 11.3 Å². The molecule has 2 aromatic rings. The van der Waals surface area contributed by atoms with Gasteiger partial charge in [-0.2, -0.15) is 0 Å². The Hall–Kier alpha value is -1.55. The molecule has 0 aliphatic carbocycles. The zero-order valence-corrected chi connectivity index (χ0v) is 12.7. The van der Waals surface area contributed by atoms with Crippen LogP contribution in [0.1, 0.15) is 40.9 Å². The highest BCUT2D eigenvalue weighted by atomic mass is 32.1. The second kappa shape index (κ2) is 5.21. The first-order valence-electron chi connectivity index (χ1n) is 6.38. The van der Waals surface area contributed by atoms with Gasteiger partial charge in [-0.05, 0) is 45.9 Å². The molecule has 2 aromatic heterocycles. The van der Waals surface area contributed by atoms with Gasteiger partial charge in [0.05, 0.1) is 12.1 Å². The number of carbonyl (C=O) groups is 1. The SMILES string of the molecule is Cc1ccc(CNC(=O)c2ccn(C(C)(C)C)c2)s1. The van der Waals surface area contributed by atoms with E-state index in [4.69, 9.17) is 0 Å². The summed E-state index contributed by atoms with van der Waals surface area (Å²) in [7, 11) is 0. The molecular formula is C15H20N2OS. The predicted molar refractivity (Wildman–Crippen MR) is 79.7 cm³/mol. The third-order valence-corrected chi connectivity index (χ3v) is 3.95. The van der Waals surface area contributed by atoms with Crippen LogP contribution in [-0.4, -0.2) is 10.5 Å². The van der Waals surface area contributed by atoms with Crippen LogP contribution >= 0.6 is 11.3 Å². The van der Waals surface area contributed by atoms with E-state index in [-0.39, 0.29) is 11.4 Å². The number of amides is 1. The molecular weight excluding hydrogens is 256 g/mol. The summed E-state index contributed by atoms with van der Waals surface area (Å²) in [5, 5.41) is 2.95. The molecule has 1 N–H and O–H groups in total. The maximum absolute atomic E-state index is 12.0. The summed E-state index contributed by atoms with van der Waals surface area (Å²) in [6, 6.07) is 5.99. The second-order valence-corrected chi connectivity index (χ2v) is 7.05.